The van der Waals surface area contributed by atoms with Gasteiger partial charge in [0.2, 0.25) is 0 Å². The molecule has 130 valence electrons. The second-order valence-electron chi connectivity index (χ2n) is 5.80. The normalized spacial score (nSPS) is 16.2. The number of carbonyl (C=O) groups is 1. The summed E-state index contributed by atoms with van der Waals surface area (Å²) in [6.07, 6.45) is 0. The number of nitrogens with one attached hydrogen (secondary N) is 1. The van der Waals surface area contributed by atoms with Crippen LogP contribution < -0.4 is 5.32 Å². The van der Waals surface area contributed by atoms with E-state index in [4.69, 9.17) is 0 Å². The van der Waals surface area contributed by atoms with E-state index in [0.717, 1.165) is 5.56 Å². The zero-order valence-electron chi connectivity index (χ0n) is 13.6. The topological polar surface area (TPSA) is 84.6 Å². The van der Waals surface area contributed by atoms with E-state index in [-0.39, 0.29) is 29.8 Å². The molecule has 7 heteroatoms. The van der Waals surface area contributed by atoms with E-state index >= 15 is 0 Å². The van der Waals surface area contributed by atoms with Crippen LogP contribution in [0.2, 0.25) is 0 Å². The van der Waals surface area contributed by atoms with Crippen LogP contribution in [0.3, 0.4) is 0 Å². The van der Waals surface area contributed by atoms with E-state index in [9.17, 15) is 14.9 Å². The molecule has 1 atom stereocenters. The van der Waals surface area contributed by atoms with Crippen molar-refractivity contribution in [1.29, 1.82) is 0 Å². The molecule has 1 heterocycles. The van der Waals surface area contributed by atoms with Gasteiger partial charge in [-0.25, -0.2) is 0 Å². The minimum Gasteiger partial charge on any atom is -0.369 e. The van der Waals surface area contributed by atoms with Crippen LogP contribution in [0.15, 0.2) is 53.5 Å². The predicted octanol–water partition coefficient (Wildman–Crippen LogP) is 3.17. The fraction of sp³-hybridized carbons (Fsp3) is 0.222. The number of aliphatic imine (C=N–C) groups is 1. The summed E-state index contributed by atoms with van der Waals surface area (Å²) in [4.78, 5) is 27.3. The molecular weight excluding hydrogens is 342 g/mol. The maximum Gasteiger partial charge on any atom is 0.270 e. The summed E-state index contributed by atoms with van der Waals surface area (Å²) < 4.78 is 0. The Bertz CT molecular complexity index is 819. The molecule has 1 aliphatic heterocycles. The lowest BCUT2D eigenvalue weighted by Gasteiger charge is -2.22. The summed E-state index contributed by atoms with van der Waals surface area (Å²) in [6.45, 7) is 2.82. The van der Waals surface area contributed by atoms with Gasteiger partial charge in [-0.15, -0.1) is 12.4 Å². The van der Waals surface area contributed by atoms with Crippen molar-refractivity contribution in [1.82, 2.24) is 5.32 Å². The number of non-ortho nitro benzene ring substituents is 1. The van der Waals surface area contributed by atoms with Crippen LogP contribution in [0, 0.1) is 23.0 Å². The van der Waals surface area contributed by atoms with Gasteiger partial charge in [-0.3, -0.25) is 19.9 Å². The highest BCUT2D eigenvalue weighted by Crippen LogP contribution is 2.17. The second-order valence-corrected chi connectivity index (χ2v) is 5.80. The summed E-state index contributed by atoms with van der Waals surface area (Å²) in [5.74, 6) is 0.422. The third kappa shape index (κ3) is 4.22. The molecule has 3 rings (SSSR count). The molecule has 0 aromatic heterocycles. The Hall–Kier alpha value is -2.73. The molecule has 1 unspecified atom stereocenters. The molecule has 1 aliphatic rings. The van der Waals surface area contributed by atoms with Crippen molar-refractivity contribution in [2.24, 2.45) is 10.9 Å². The minimum absolute atomic E-state index is 0. The predicted molar refractivity (Wildman–Crippen MR) is 98.8 cm³/mol. The van der Waals surface area contributed by atoms with Gasteiger partial charge >= 0.3 is 0 Å². The number of carbonyl (C=O) groups excluding carboxylic acids is 1. The number of hydrogen-bond donors (Lipinski definition) is 1. The standard InChI is InChI=1S/C18H17N3O3.ClH/c1-12-5-7-13(8-6-12)17(22)15-10-19-18(20-11-15)14-3-2-4-16(9-14)21(23)24;/h2-9,15H,10-11H2,1H3,(H,19,20);1H. The molecule has 6 nitrogen and oxygen atoms in total. The van der Waals surface area contributed by atoms with Crippen molar-refractivity contribution in [3.8, 4) is 0 Å². The average molecular weight is 360 g/mol. The molecule has 0 amide bonds. The Kier molecular flexibility index (Phi) is 5.88. The SMILES string of the molecule is Cc1ccc(C(=O)C2CN=C(c3cccc([N+](=O)[O-])c3)NC2)cc1.Cl. The molecule has 0 radical (unpaired) electrons. The van der Waals surface area contributed by atoms with Crippen LogP contribution >= 0.6 is 12.4 Å². The molecule has 2 aromatic rings. The van der Waals surface area contributed by atoms with Gasteiger partial charge in [-0.2, -0.15) is 0 Å². The van der Waals surface area contributed by atoms with Gasteiger partial charge < -0.3 is 5.32 Å². The van der Waals surface area contributed by atoms with Gasteiger partial charge in [0.25, 0.3) is 5.69 Å². The smallest absolute Gasteiger partial charge is 0.270 e. The number of aryl methyl sites for hydroxylation is 1. The van der Waals surface area contributed by atoms with E-state index in [1.165, 1.54) is 12.1 Å². The van der Waals surface area contributed by atoms with Gasteiger partial charge in [0.1, 0.15) is 5.84 Å². The average Bonchev–Trinajstić information content (AvgIpc) is 2.62. The minimum atomic E-state index is -0.434. The van der Waals surface area contributed by atoms with Crippen molar-refractivity contribution in [3.63, 3.8) is 0 Å². The Balaban J connectivity index is 0.00000225. The van der Waals surface area contributed by atoms with Crippen molar-refractivity contribution in [3.05, 3.63) is 75.3 Å². The Morgan fingerprint density at radius 3 is 2.56 bits per heavy atom. The summed E-state index contributed by atoms with van der Waals surface area (Å²) in [5.41, 5.74) is 2.47. The molecule has 2 aromatic carbocycles. The van der Waals surface area contributed by atoms with Gasteiger partial charge in [-0.1, -0.05) is 42.0 Å². The second kappa shape index (κ2) is 7.90. The summed E-state index contributed by atoms with van der Waals surface area (Å²) in [5, 5.41) is 14.0. The molecule has 0 saturated carbocycles. The van der Waals surface area contributed by atoms with Crippen LogP contribution in [0.5, 0.6) is 0 Å². The first kappa shape index (κ1) is 18.6. The van der Waals surface area contributed by atoms with Crippen LogP contribution in [-0.2, 0) is 0 Å². The Morgan fingerprint density at radius 2 is 1.96 bits per heavy atom. The van der Waals surface area contributed by atoms with Gasteiger partial charge in [0.15, 0.2) is 5.78 Å². The quantitative estimate of drug-likeness (QED) is 0.516. The Labute approximate surface area is 151 Å². The zero-order chi connectivity index (χ0) is 17.1. The first-order chi connectivity index (χ1) is 11.5. The number of benzene rings is 2. The van der Waals surface area contributed by atoms with Gasteiger partial charge in [0, 0.05) is 29.8 Å². The molecule has 0 bridgehead atoms. The number of nitrogens with zero attached hydrogens (tertiary/aromatic N) is 2. The highest BCUT2D eigenvalue weighted by molar-refractivity contribution is 6.02. The van der Waals surface area contributed by atoms with Crippen molar-refractivity contribution in [2.75, 3.05) is 13.1 Å². The lowest BCUT2D eigenvalue weighted by molar-refractivity contribution is -0.384. The number of nitro groups is 1. The van der Waals surface area contributed by atoms with Gasteiger partial charge in [0.05, 0.1) is 17.4 Å². The van der Waals surface area contributed by atoms with Crippen LogP contribution in [0.1, 0.15) is 21.5 Å². The third-order valence-corrected chi connectivity index (χ3v) is 4.02. The van der Waals surface area contributed by atoms with Gasteiger partial charge in [-0.05, 0) is 6.92 Å². The number of halogens is 1. The molecule has 1 N–H and O–H groups in total. The number of Topliss-reactive ketones (excluding diaryl/α,β-unsaturated/α-hetero) is 1. The van der Waals surface area contributed by atoms with E-state index in [1.807, 2.05) is 31.2 Å². The van der Waals surface area contributed by atoms with E-state index < -0.39 is 4.92 Å². The number of rotatable bonds is 4. The molecule has 0 spiro atoms. The molecule has 25 heavy (non-hydrogen) atoms. The van der Waals surface area contributed by atoms with Crippen molar-refractivity contribution >= 4 is 29.7 Å². The summed E-state index contributed by atoms with van der Waals surface area (Å²) in [7, 11) is 0. The highest BCUT2D eigenvalue weighted by atomic mass is 35.5. The number of hydrogen-bond acceptors (Lipinski definition) is 5. The first-order valence-electron chi connectivity index (χ1n) is 7.68. The maximum absolute atomic E-state index is 12.5. The molecule has 0 aliphatic carbocycles. The van der Waals surface area contributed by atoms with E-state index in [1.54, 1.807) is 12.1 Å². The Morgan fingerprint density at radius 1 is 1.24 bits per heavy atom. The fourth-order valence-corrected chi connectivity index (χ4v) is 2.63. The molecule has 0 saturated heterocycles. The summed E-state index contributed by atoms with van der Waals surface area (Å²) >= 11 is 0. The van der Waals surface area contributed by atoms with E-state index in [0.29, 0.717) is 30.1 Å². The number of nitro benzene ring substituents is 1. The van der Waals surface area contributed by atoms with Crippen molar-refractivity contribution < 1.29 is 9.72 Å². The van der Waals surface area contributed by atoms with Crippen LogP contribution in [-0.4, -0.2) is 29.6 Å². The van der Waals surface area contributed by atoms with Crippen LogP contribution in [0.4, 0.5) is 5.69 Å². The highest BCUT2D eigenvalue weighted by Gasteiger charge is 2.24. The van der Waals surface area contributed by atoms with Crippen LogP contribution in [0.25, 0.3) is 0 Å². The number of amidine groups is 1. The summed E-state index contributed by atoms with van der Waals surface area (Å²) in [6, 6.07) is 13.8. The monoisotopic (exact) mass is 359 g/mol. The largest absolute Gasteiger partial charge is 0.369 e. The zero-order valence-corrected chi connectivity index (χ0v) is 14.5. The molecular formula is C18H18ClN3O3. The van der Waals surface area contributed by atoms with Crippen molar-refractivity contribution in [2.45, 2.75) is 6.92 Å². The lowest BCUT2D eigenvalue weighted by atomic mass is 9.95. The first-order valence-corrected chi connectivity index (χ1v) is 7.68. The molecule has 0 fully saturated rings. The maximum atomic E-state index is 12.5. The lowest BCUT2D eigenvalue weighted by Crippen LogP contribution is -2.39. The van der Waals surface area contributed by atoms with E-state index in [2.05, 4.69) is 10.3 Å². The number of ketones is 1. The third-order valence-electron chi connectivity index (χ3n) is 4.02. The fourth-order valence-electron chi connectivity index (χ4n) is 2.63.